The van der Waals surface area contributed by atoms with Crippen LogP contribution in [0.3, 0.4) is 0 Å². The highest BCUT2D eigenvalue weighted by molar-refractivity contribution is 5.94. The second-order valence-corrected chi connectivity index (χ2v) is 3.90. The third-order valence-corrected chi connectivity index (χ3v) is 2.19. The predicted octanol–water partition coefficient (Wildman–Crippen LogP) is 0.508. The zero-order chi connectivity index (χ0) is 16.2. The van der Waals surface area contributed by atoms with Crippen LogP contribution >= 0.6 is 0 Å². The summed E-state index contributed by atoms with van der Waals surface area (Å²) in [6, 6.07) is -0.483. The zero-order valence-electron chi connectivity index (χ0n) is 10.4. The van der Waals surface area contributed by atoms with Gasteiger partial charge in [0.2, 0.25) is 5.91 Å². The molecule has 0 radical (unpaired) electrons. The molecule has 1 aromatic rings. The van der Waals surface area contributed by atoms with E-state index in [9.17, 15) is 27.6 Å². The molecule has 0 aliphatic heterocycles. The molecule has 1 aromatic carbocycles. The Morgan fingerprint density at radius 2 is 1.81 bits per heavy atom. The minimum atomic E-state index is -1.54. The molecule has 0 saturated carbocycles. The number of carbonyl (C=O) groups is 3. The first-order valence-corrected chi connectivity index (χ1v) is 5.41. The lowest BCUT2D eigenvalue weighted by Gasteiger charge is -2.19. The van der Waals surface area contributed by atoms with Gasteiger partial charge < -0.3 is 21.1 Å². The van der Waals surface area contributed by atoms with Gasteiger partial charge in [0.25, 0.3) is 0 Å². The molecule has 7 nitrogen and oxygen atoms in total. The molecule has 0 unspecified atom stereocenters. The predicted molar refractivity (Wildman–Crippen MR) is 63.7 cm³/mol. The molecule has 0 aromatic heterocycles. The van der Waals surface area contributed by atoms with Crippen LogP contribution in [0.5, 0.6) is 0 Å². The summed E-state index contributed by atoms with van der Waals surface area (Å²) in [6.07, 6.45) is 0. The number of aliphatic carboxylic acids is 1. The number of amides is 3. The van der Waals surface area contributed by atoms with Crippen LogP contribution in [0.1, 0.15) is 0 Å². The van der Waals surface area contributed by atoms with Gasteiger partial charge in [-0.15, -0.1) is 0 Å². The van der Waals surface area contributed by atoms with E-state index in [1.807, 2.05) is 0 Å². The van der Waals surface area contributed by atoms with Crippen molar-refractivity contribution in [2.24, 2.45) is 5.73 Å². The smallest absolute Gasteiger partial charge is 0.323 e. The summed E-state index contributed by atoms with van der Waals surface area (Å²) in [6.45, 7) is -1.67. The fourth-order valence-electron chi connectivity index (χ4n) is 1.39. The van der Waals surface area contributed by atoms with Crippen LogP contribution < -0.4 is 11.1 Å². The molecule has 0 spiro atoms. The summed E-state index contributed by atoms with van der Waals surface area (Å²) >= 11 is 0. The maximum atomic E-state index is 13.3. The molecule has 0 fully saturated rings. The molecule has 0 aliphatic carbocycles. The number of carboxylic acids is 1. The van der Waals surface area contributed by atoms with Gasteiger partial charge >= 0.3 is 12.0 Å². The molecule has 0 aliphatic rings. The van der Waals surface area contributed by atoms with Crippen LogP contribution in [-0.4, -0.2) is 41.0 Å². The molecule has 0 saturated heterocycles. The van der Waals surface area contributed by atoms with Gasteiger partial charge in [-0.3, -0.25) is 9.59 Å². The molecule has 0 bridgehead atoms. The van der Waals surface area contributed by atoms with Gasteiger partial charge in [0, 0.05) is 12.1 Å². The fraction of sp³-hybridized carbons (Fsp3) is 0.182. The average molecular weight is 305 g/mol. The normalized spacial score (nSPS) is 10.0. The topological polar surface area (TPSA) is 113 Å². The van der Waals surface area contributed by atoms with Crippen molar-refractivity contribution in [1.82, 2.24) is 4.90 Å². The van der Waals surface area contributed by atoms with Gasteiger partial charge in [-0.25, -0.2) is 18.0 Å². The Hall–Kier alpha value is -2.78. The first-order valence-electron chi connectivity index (χ1n) is 5.41. The Morgan fingerprint density at radius 1 is 1.19 bits per heavy atom. The number of hydrogen-bond donors (Lipinski definition) is 3. The number of nitrogens with two attached hydrogens (primary N) is 1. The van der Waals surface area contributed by atoms with Crippen molar-refractivity contribution in [2.75, 3.05) is 18.4 Å². The summed E-state index contributed by atoms with van der Waals surface area (Å²) in [5.41, 5.74) is 3.99. The Morgan fingerprint density at radius 3 is 2.33 bits per heavy atom. The highest BCUT2D eigenvalue weighted by atomic mass is 19.2. The number of halogens is 3. The Balaban J connectivity index is 2.95. The molecule has 0 atom stereocenters. The highest BCUT2D eigenvalue weighted by Crippen LogP contribution is 2.19. The van der Waals surface area contributed by atoms with E-state index in [1.165, 1.54) is 0 Å². The third-order valence-electron chi connectivity index (χ3n) is 2.19. The molecule has 3 amide bonds. The third kappa shape index (κ3) is 4.67. The number of anilines is 1. The quantitative estimate of drug-likeness (QED) is 0.688. The minimum Gasteiger partial charge on any atom is -0.480 e. The number of benzene rings is 1. The van der Waals surface area contributed by atoms with Crippen LogP contribution in [0, 0.1) is 17.5 Å². The number of nitrogens with zero attached hydrogens (tertiary/aromatic N) is 1. The van der Waals surface area contributed by atoms with Crippen LogP contribution in [-0.2, 0) is 9.59 Å². The van der Waals surface area contributed by atoms with E-state index >= 15 is 0 Å². The van der Waals surface area contributed by atoms with E-state index in [-0.39, 0.29) is 6.07 Å². The molecule has 1 rings (SSSR count). The fourth-order valence-corrected chi connectivity index (χ4v) is 1.39. The number of urea groups is 1. The van der Waals surface area contributed by atoms with E-state index in [0.717, 1.165) is 0 Å². The molecular formula is C11H10F3N3O4. The van der Waals surface area contributed by atoms with E-state index < -0.39 is 54.1 Å². The summed E-state index contributed by atoms with van der Waals surface area (Å²) in [4.78, 5) is 33.4. The number of carboxylic acid groups (broad SMARTS) is 1. The number of hydrogen-bond acceptors (Lipinski definition) is 3. The number of primary amides is 1. The van der Waals surface area contributed by atoms with Crippen molar-refractivity contribution in [3.05, 3.63) is 29.6 Å². The van der Waals surface area contributed by atoms with E-state index in [2.05, 4.69) is 0 Å². The van der Waals surface area contributed by atoms with Crippen molar-refractivity contribution >= 4 is 23.6 Å². The first kappa shape index (κ1) is 16.3. The lowest BCUT2D eigenvalue weighted by atomic mass is 10.3. The Bertz CT molecular complexity index is 578. The van der Waals surface area contributed by atoms with Crippen molar-refractivity contribution in [3.63, 3.8) is 0 Å². The molecular weight excluding hydrogens is 295 g/mol. The molecule has 21 heavy (non-hydrogen) atoms. The summed E-state index contributed by atoms with van der Waals surface area (Å²) in [5.74, 6) is -6.69. The standard InChI is InChI=1S/C11H10F3N3O4/c12-5-1-6(13)10(14)7(2-5)16-11(21)17(3-8(15)18)4-9(19)20/h1-2H,3-4H2,(H2,15,18)(H,16,21)(H,19,20). The van der Waals surface area contributed by atoms with Crippen molar-refractivity contribution in [2.45, 2.75) is 0 Å². The molecule has 114 valence electrons. The number of rotatable bonds is 5. The Labute approximate surface area is 116 Å². The second-order valence-electron chi connectivity index (χ2n) is 3.90. The van der Waals surface area contributed by atoms with Gasteiger partial charge in [0.1, 0.15) is 18.9 Å². The monoisotopic (exact) mass is 305 g/mol. The van der Waals surface area contributed by atoms with E-state index in [4.69, 9.17) is 10.8 Å². The van der Waals surface area contributed by atoms with Crippen LogP contribution in [0.15, 0.2) is 12.1 Å². The van der Waals surface area contributed by atoms with Crippen LogP contribution in [0.2, 0.25) is 0 Å². The highest BCUT2D eigenvalue weighted by Gasteiger charge is 2.21. The van der Waals surface area contributed by atoms with E-state index in [0.29, 0.717) is 11.0 Å². The van der Waals surface area contributed by atoms with Crippen molar-refractivity contribution < 1.29 is 32.7 Å². The van der Waals surface area contributed by atoms with Crippen LogP contribution in [0.25, 0.3) is 0 Å². The van der Waals surface area contributed by atoms with Crippen molar-refractivity contribution in [3.8, 4) is 0 Å². The number of carbonyl (C=O) groups excluding carboxylic acids is 2. The summed E-state index contributed by atoms with van der Waals surface area (Å²) in [5, 5.41) is 10.4. The summed E-state index contributed by atoms with van der Waals surface area (Å²) < 4.78 is 39.3. The number of nitrogens with one attached hydrogen (secondary N) is 1. The SMILES string of the molecule is NC(=O)CN(CC(=O)O)C(=O)Nc1cc(F)cc(F)c1F. The van der Waals surface area contributed by atoms with Gasteiger partial charge in [-0.2, -0.15) is 0 Å². The van der Waals surface area contributed by atoms with Gasteiger partial charge in [-0.05, 0) is 0 Å². The van der Waals surface area contributed by atoms with E-state index in [1.54, 1.807) is 5.32 Å². The van der Waals surface area contributed by atoms with Crippen LogP contribution in [0.4, 0.5) is 23.7 Å². The largest absolute Gasteiger partial charge is 0.480 e. The zero-order valence-corrected chi connectivity index (χ0v) is 10.4. The molecule has 10 heteroatoms. The lowest BCUT2D eigenvalue weighted by molar-refractivity contribution is -0.137. The van der Waals surface area contributed by atoms with Gasteiger partial charge in [0.15, 0.2) is 11.6 Å². The van der Waals surface area contributed by atoms with Gasteiger partial charge in [-0.1, -0.05) is 0 Å². The first-order chi connectivity index (χ1) is 9.70. The second kappa shape index (κ2) is 6.59. The van der Waals surface area contributed by atoms with Gasteiger partial charge in [0.05, 0.1) is 5.69 Å². The Kier molecular flexibility index (Phi) is 5.11. The minimum absolute atomic E-state index is 0.267. The molecule has 4 N–H and O–H groups in total. The molecule has 0 heterocycles. The lowest BCUT2D eigenvalue weighted by Crippen LogP contribution is -2.43. The maximum absolute atomic E-state index is 13.3. The maximum Gasteiger partial charge on any atom is 0.323 e. The average Bonchev–Trinajstić information content (AvgIpc) is 2.33. The summed E-state index contributed by atoms with van der Waals surface area (Å²) in [7, 11) is 0. The van der Waals surface area contributed by atoms with Crippen molar-refractivity contribution in [1.29, 1.82) is 0 Å².